The highest BCUT2D eigenvalue weighted by Gasteiger charge is 2.31. The fraction of sp³-hybridized carbons (Fsp3) is 0.500. The molecule has 6 nitrogen and oxygen atoms in total. The minimum atomic E-state index is -0.899. The molecule has 0 radical (unpaired) electrons. The molecular formula is C16H19FN2O4. The number of carboxylic acids is 1. The third-order valence-corrected chi connectivity index (χ3v) is 4.35. The second-order valence-corrected chi connectivity index (χ2v) is 6.02. The topological polar surface area (TPSA) is 78.9 Å². The molecule has 7 heteroatoms. The number of halogens is 1. The van der Waals surface area contributed by atoms with Crippen molar-refractivity contribution >= 4 is 17.7 Å². The molecular weight excluding hydrogens is 303 g/mol. The van der Waals surface area contributed by atoms with Gasteiger partial charge in [0.15, 0.2) is 11.6 Å². The van der Waals surface area contributed by atoms with Crippen LogP contribution in [-0.2, 0) is 4.79 Å². The summed E-state index contributed by atoms with van der Waals surface area (Å²) in [5.41, 5.74) is 0.326. The van der Waals surface area contributed by atoms with E-state index < -0.39 is 23.7 Å². The van der Waals surface area contributed by atoms with E-state index in [0.717, 1.165) is 19.3 Å². The van der Waals surface area contributed by atoms with Crippen LogP contribution in [0.1, 0.15) is 25.7 Å². The molecule has 2 fully saturated rings. The standard InChI is InChI=1S/C16H19FN2O4/c17-13-8-11(4-5-14(13)23-12-2-1-3-12)18-16(22)19-7-6-10(9-19)15(20)21/h4-5,8,10,12H,1-3,6-7,9H2,(H,18,22)(H,20,21). The van der Waals surface area contributed by atoms with E-state index in [0.29, 0.717) is 18.7 Å². The molecule has 124 valence electrons. The van der Waals surface area contributed by atoms with Gasteiger partial charge >= 0.3 is 12.0 Å². The predicted molar refractivity (Wildman–Crippen MR) is 81.0 cm³/mol. The van der Waals surface area contributed by atoms with Crippen LogP contribution in [0.4, 0.5) is 14.9 Å². The van der Waals surface area contributed by atoms with Crippen LogP contribution in [0.15, 0.2) is 18.2 Å². The Labute approximate surface area is 133 Å². The molecule has 0 aromatic heterocycles. The first kappa shape index (κ1) is 15.6. The lowest BCUT2D eigenvalue weighted by atomic mass is 9.96. The number of nitrogens with zero attached hydrogens (tertiary/aromatic N) is 1. The van der Waals surface area contributed by atoms with Crippen molar-refractivity contribution in [2.75, 3.05) is 18.4 Å². The van der Waals surface area contributed by atoms with Crippen molar-refractivity contribution in [3.63, 3.8) is 0 Å². The molecule has 2 N–H and O–H groups in total. The van der Waals surface area contributed by atoms with Crippen molar-refractivity contribution in [1.29, 1.82) is 0 Å². The molecule has 1 unspecified atom stereocenters. The predicted octanol–water partition coefficient (Wildman–Crippen LogP) is 2.70. The molecule has 0 bridgehead atoms. The van der Waals surface area contributed by atoms with Gasteiger partial charge in [-0.15, -0.1) is 0 Å². The highest BCUT2D eigenvalue weighted by Crippen LogP contribution is 2.28. The number of hydrogen-bond donors (Lipinski definition) is 2. The summed E-state index contributed by atoms with van der Waals surface area (Å²) in [5.74, 6) is -1.75. The van der Waals surface area contributed by atoms with Crippen molar-refractivity contribution in [3.8, 4) is 5.75 Å². The van der Waals surface area contributed by atoms with Crippen LogP contribution in [0.2, 0.25) is 0 Å². The number of nitrogens with one attached hydrogen (secondary N) is 1. The molecule has 2 aliphatic rings. The first-order valence-corrected chi connectivity index (χ1v) is 7.78. The fourth-order valence-electron chi connectivity index (χ4n) is 2.69. The zero-order valence-electron chi connectivity index (χ0n) is 12.6. The first-order valence-electron chi connectivity index (χ1n) is 7.78. The third kappa shape index (κ3) is 3.55. The van der Waals surface area contributed by atoms with E-state index in [2.05, 4.69) is 5.32 Å². The molecule has 23 heavy (non-hydrogen) atoms. The quantitative estimate of drug-likeness (QED) is 0.893. The van der Waals surface area contributed by atoms with E-state index in [9.17, 15) is 14.0 Å². The number of likely N-dealkylation sites (tertiary alicyclic amines) is 1. The van der Waals surface area contributed by atoms with Crippen molar-refractivity contribution in [2.45, 2.75) is 31.8 Å². The zero-order chi connectivity index (χ0) is 16.4. The number of hydrogen-bond acceptors (Lipinski definition) is 3. The molecule has 1 heterocycles. The van der Waals surface area contributed by atoms with E-state index >= 15 is 0 Å². The van der Waals surface area contributed by atoms with Gasteiger partial charge in [-0.2, -0.15) is 0 Å². The Morgan fingerprint density at radius 3 is 2.65 bits per heavy atom. The minimum absolute atomic E-state index is 0.0856. The number of anilines is 1. The number of carbonyl (C=O) groups excluding carboxylic acids is 1. The number of ether oxygens (including phenoxy) is 1. The summed E-state index contributed by atoms with van der Waals surface area (Å²) in [4.78, 5) is 24.4. The summed E-state index contributed by atoms with van der Waals surface area (Å²) in [6.07, 6.45) is 3.51. The maximum Gasteiger partial charge on any atom is 0.321 e. The molecule has 1 saturated heterocycles. The number of rotatable bonds is 4. The average molecular weight is 322 g/mol. The van der Waals surface area contributed by atoms with Gasteiger partial charge in [0.2, 0.25) is 0 Å². The molecule has 1 saturated carbocycles. The number of amides is 2. The van der Waals surface area contributed by atoms with Crippen LogP contribution < -0.4 is 10.1 Å². The van der Waals surface area contributed by atoms with Gasteiger partial charge < -0.3 is 20.1 Å². The SMILES string of the molecule is O=C(O)C1CCN(C(=O)Nc2ccc(OC3CCC3)c(F)c2)C1. The molecule has 1 aliphatic carbocycles. The Bertz CT molecular complexity index is 618. The summed E-state index contributed by atoms with van der Waals surface area (Å²) in [6.45, 7) is 0.556. The maximum absolute atomic E-state index is 14.0. The van der Waals surface area contributed by atoms with Crippen molar-refractivity contribution in [3.05, 3.63) is 24.0 Å². The van der Waals surface area contributed by atoms with E-state index in [-0.39, 0.29) is 18.4 Å². The molecule has 1 atom stereocenters. The van der Waals surface area contributed by atoms with Gasteiger partial charge in [0, 0.05) is 24.8 Å². The summed E-state index contributed by atoms with van der Waals surface area (Å²) in [7, 11) is 0. The lowest BCUT2D eigenvalue weighted by Gasteiger charge is -2.26. The zero-order valence-corrected chi connectivity index (χ0v) is 12.6. The summed E-state index contributed by atoms with van der Waals surface area (Å²) >= 11 is 0. The first-order chi connectivity index (χ1) is 11.0. The third-order valence-electron chi connectivity index (χ3n) is 4.35. The molecule has 1 aromatic rings. The van der Waals surface area contributed by atoms with Gasteiger partial charge in [0.25, 0.3) is 0 Å². The van der Waals surface area contributed by atoms with E-state index in [1.165, 1.54) is 17.0 Å². The second kappa shape index (κ2) is 6.44. The van der Waals surface area contributed by atoms with Crippen LogP contribution >= 0.6 is 0 Å². The Morgan fingerprint density at radius 1 is 1.30 bits per heavy atom. The van der Waals surface area contributed by atoms with Crippen molar-refractivity contribution in [2.24, 2.45) is 5.92 Å². The van der Waals surface area contributed by atoms with Crippen molar-refractivity contribution < 1.29 is 23.8 Å². The summed E-state index contributed by atoms with van der Waals surface area (Å²) in [6, 6.07) is 3.89. The molecule has 2 amide bonds. The fourth-order valence-corrected chi connectivity index (χ4v) is 2.69. The van der Waals surface area contributed by atoms with E-state index in [1.54, 1.807) is 6.07 Å². The van der Waals surface area contributed by atoms with Crippen LogP contribution in [0.25, 0.3) is 0 Å². The number of carboxylic acid groups (broad SMARTS) is 1. The largest absolute Gasteiger partial charge is 0.487 e. The summed E-state index contributed by atoms with van der Waals surface area (Å²) in [5, 5.41) is 11.5. The second-order valence-electron chi connectivity index (χ2n) is 6.02. The lowest BCUT2D eigenvalue weighted by molar-refractivity contribution is -0.141. The minimum Gasteiger partial charge on any atom is -0.487 e. The van der Waals surface area contributed by atoms with Crippen LogP contribution in [0.3, 0.4) is 0 Å². The van der Waals surface area contributed by atoms with Gasteiger partial charge in [-0.3, -0.25) is 4.79 Å². The number of benzene rings is 1. The Morgan fingerprint density at radius 2 is 2.09 bits per heavy atom. The average Bonchev–Trinajstić information content (AvgIpc) is 2.94. The monoisotopic (exact) mass is 322 g/mol. The van der Waals surface area contributed by atoms with Crippen LogP contribution in [-0.4, -0.2) is 41.2 Å². The van der Waals surface area contributed by atoms with Gasteiger partial charge in [0.05, 0.1) is 12.0 Å². The lowest BCUT2D eigenvalue weighted by Crippen LogP contribution is -2.33. The van der Waals surface area contributed by atoms with Crippen LogP contribution in [0, 0.1) is 11.7 Å². The van der Waals surface area contributed by atoms with Crippen molar-refractivity contribution in [1.82, 2.24) is 4.90 Å². The van der Waals surface area contributed by atoms with E-state index in [1.807, 2.05) is 0 Å². The normalized spacial score (nSPS) is 20.9. The maximum atomic E-state index is 14.0. The smallest absolute Gasteiger partial charge is 0.321 e. The number of carbonyl (C=O) groups is 2. The number of aliphatic carboxylic acids is 1. The van der Waals surface area contributed by atoms with Gasteiger partial charge in [0.1, 0.15) is 0 Å². The van der Waals surface area contributed by atoms with Gasteiger partial charge in [-0.05, 0) is 37.8 Å². The Balaban J connectivity index is 1.58. The summed E-state index contributed by atoms with van der Waals surface area (Å²) < 4.78 is 19.5. The van der Waals surface area contributed by atoms with Gasteiger partial charge in [-0.1, -0.05) is 0 Å². The molecule has 1 aromatic carbocycles. The van der Waals surface area contributed by atoms with Crippen LogP contribution in [0.5, 0.6) is 5.75 Å². The molecule has 3 rings (SSSR count). The van der Waals surface area contributed by atoms with Gasteiger partial charge in [-0.25, -0.2) is 9.18 Å². The molecule has 0 spiro atoms. The Hall–Kier alpha value is -2.31. The highest BCUT2D eigenvalue weighted by atomic mass is 19.1. The number of urea groups is 1. The van der Waals surface area contributed by atoms with E-state index in [4.69, 9.17) is 9.84 Å². The Kier molecular flexibility index (Phi) is 4.36. The highest BCUT2D eigenvalue weighted by molar-refractivity contribution is 5.90. The molecule has 1 aliphatic heterocycles.